The summed E-state index contributed by atoms with van der Waals surface area (Å²) in [6.45, 7) is 23.6. The van der Waals surface area contributed by atoms with E-state index in [4.69, 9.17) is 32.7 Å². The fraction of sp³-hybridized carbons (Fsp3) is 0.643. The molecular formula is C70H99N4O9P. The van der Waals surface area contributed by atoms with Crippen molar-refractivity contribution in [2.24, 2.45) is 46.3 Å². The monoisotopic (exact) mass is 1170 g/mol. The first kappa shape index (κ1) is 63.9. The van der Waals surface area contributed by atoms with Crippen molar-refractivity contribution in [2.75, 3.05) is 34.0 Å². The molecule has 2 unspecified atom stereocenters. The van der Waals surface area contributed by atoms with Gasteiger partial charge in [-0.1, -0.05) is 120 Å². The summed E-state index contributed by atoms with van der Waals surface area (Å²) in [7, 11) is 1.57. The zero-order chi connectivity index (χ0) is 59.9. The van der Waals surface area contributed by atoms with Gasteiger partial charge in [-0.3, -0.25) is 13.9 Å². The van der Waals surface area contributed by atoms with E-state index in [1.54, 1.807) is 37.5 Å². The largest absolute Gasteiger partial charge is 0.497 e. The van der Waals surface area contributed by atoms with Crippen molar-refractivity contribution in [3.8, 4) is 17.6 Å². The summed E-state index contributed by atoms with van der Waals surface area (Å²) in [5, 5.41) is 9.58. The molecule has 12 atom stereocenters. The normalized spacial score (nSPS) is 27.5. The molecule has 13 nitrogen and oxygen atoms in total. The van der Waals surface area contributed by atoms with Crippen LogP contribution in [-0.2, 0) is 35.4 Å². The van der Waals surface area contributed by atoms with Crippen LogP contribution in [0.4, 0.5) is 0 Å². The second kappa shape index (κ2) is 28.0. The zero-order valence-corrected chi connectivity index (χ0v) is 53.6. The van der Waals surface area contributed by atoms with Crippen molar-refractivity contribution < 1.29 is 32.7 Å². The van der Waals surface area contributed by atoms with Crippen LogP contribution in [0.1, 0.15) is 181 Å². The van der Waals surface area contributed by atoms with E-state index >= 15 is 0 Å². The van der Waals surface area contributed by atoms with Gasteiger partial charge in [-0.15, -0.1) is 0 Å². The zero-order valence-electron chi connectivity index (χ0n) is 52.7. The summed E-state index contributed by atoms with van der Waals surface area (Å²) in [6, 6.07) is 28.2. The fourth-order valence-corrected chi connectivity index (χ4v) is 18.0. The van der Waals surface area contributed by atoms with Crippen LogP contribution in [0.25, 0.3) is 0 Å². The van der Waals surface area contributed by atoms with Crippen LogP contribution >= 0.6 is 8.53 Å². The summed E-state index contributed by atoms with van der Waals surface area (Å²) in [4.78, 5) is 28.9. The summed E-state index contributed by atoms with van der Waals surface area (Å²) >= 11 is 0. The Balaban J connectivity index is 0.929. The first-order valence-corrected chi connectivity index (χ1v) is 33.0. The summed E-state index contributed by atoms with van der Waals surface area (Å²) in [5.41, 5.74) is 3.41. The molecule has 458 valence electrons. The Hall–Kier alpha value is -4.64. The molecule has 0 amide bonds. The number of ether oxygens (including phenoxy) is 5. The van der Waals surface area contributed by atoms with Gasteiger partial charge in [0.25, 0.3) is 14.1 Å². The highest BCUT2D eigenvalue weighted by atomic mass is 31.2. The Morgan fingerprint density at radius 3 is 2.11 bits per heavy atom. The van der Waals surface area contributed by atoms with Gasteiger partial charge in [0.05, 0.1) is 52.1 Å². The highest BCUT2D eigenvalue weighted by Crippen LogP contribution is 2.67. The van der Waals surface area contributed by atoms with E-state index in [1.165, 1.54) is 55.9 Å². The van der Waals surface area contributed by atoms with Crippen LogP contribution < -0.4 is 20.7 Å². The Bertz CT molecular complexity index is 2920. The molecule has 1 aromatic heterocycles. The smallest absolute Gasteiger partial charge is 0.333 e. The van der Waals surface area contributed by atoms with E-state index in [0.29, 0.717) is 35.5 Å². The Morgan fingerprint density at radius 1 is 0.810 bits per heavy atom. The molecule has 5 aliphatic rings. The lowest BCUT2D eigenvalue weighted by molar-refractivity contribution is -0.0928. The number of fused-ring (bicyclic) bond motifs is 5. The van der Waals surface area contributed by atoms with Gasteiger partial charge >= 0.3 is 5.69 Å². The molecule has 9 rings (SSSR count). The second-order valence-corrected chi connectivity index (χ2v) is 28.1. The van der Waals surface area contributed by atoms with Crippen molar-refractivity contribution in [3.05, 3.63) is 140 Å². The minimum Gasteiger partial charge on any atom is -0.497 e. The van der Waals surface area contributed by atoms with Gasteiger partial charge in [0, 0.05) is 43.4 Å². The molecule has 4 fully saturated rings. The molecule has 4 aliphatic carbocycles. The molecule has 0 spiro atoms. The quantitative estimate of drug-likeness (QED) is 0.0244. The SMILES string of the molecule is COc1ccc(C(OC[C@H]2O[C@@H](n3cc(C)c(=O)n(CCCOC4CC[C@@]5(C)C(=CC[C@H]6[C@@H]7CC[C@H]([C@H](C)CCCC(C)C)[C@@]7(C)CC[C@@H]65)C4)c3=O)C[C@@H]2OP(OCCC#N)N(C(C)C)C(C)C)(c2ccccc2)c2ccc(OC)cc2)cc1. The number of nitriles is 1. The average molecular weight is 1170 g/mol. The third-order valence-electron chi connectivity index (χ3n) is 20.5. The number of hydrogen-bond acceptors (Lipinski definition) is 11. The minimum atomic E-state index is -1.73. The molecular weight excluding hydrogens is 1070 g/mol. The highest BCUT2D eigenvalue weighted by Gasteiger charge is 2.59. The second-order valence-electron chi connectivity index (χ2n) is 26.7. The van der Waals surface area contributed by atoms with Crippen molar-refractivity contribution in [2.45, 2.75) is 208 Å². The summed E-state index contributed by atoms with van der Waals surface area (Å²) < 4.78 is 51.2. The van der Waals surface area contributed by atoms with Crippen LogP contribution in [-0.4, -0.2) is 78.2 Å². The van der Waals surface area contributed by atoms with Gasteiger partial charge in [0.15, 0.2) is 0 Å². The predicted octanol–water partition coefficient (Wildman–Crippen LogP) is 15.1. The topological polar surface area (TPSA) is 136 Å². The van der Waals surface area contributed by atoms with Gasteiger partial charge in [0.1, 0.15) is 29.4 Å². The number of nitrogens with zero attached hydrogens (tertiary/aromatic N) is 4. The number of benzene rings is 3. The molecule has 2 heterocycles. The van der Waals surface area contributed by atoms with Gasteiger partial charge in [-0.2, -0.15) is 5.26 Å². The van der Waals surface area contributed by atoms with E-state index in [9.17, 15) is 14.9 Å². The molecule has 0 N–H and O–H groups in total. The number of methoxy groups -OCH3 is 2. The maximum Gasteiger partial charge on any atom is 0.333 e. The third kappa shape index (κ3) is 13.4. The van der Waals surface area contributed by atoms with Crippen molar-refractivity contribution in [3.63, 3.8) is 0 Å². The minimum absolute atomic E-state index is 0.0283. The van der Waals surface area contributed by atoms with E-state index < -0.39 is 38.3 Å². The number of hydrogen-bond donors (Lipinski definition) is 0. The molecule has 84 heavy (non-hydrogen) atoms. The van der Waals surface area contributed by atoms with E-state index in [0.717, 1.165) is 71.5 Å². The first-order valence-electron chi connectivity index (χ1n) is 31.9. The van der Waals surface area contributed by atoms with Gasteiger partial charge in [-0.25, -0.2) is 9.46 Å². The Morgan fingerprint density at radius 2 is 1.48 bits per heavy atom. The van der Waals surface area contributed by atoms with E-state index in [-0.39, 0.29) is 61.8 Å². The molecule has 1 aliphatic heterocycles. The van der Waals surface area contributed by atoms with Crippen LogP contribution in [0.2, 0.25) is 0 Å². The molecule has 14 heteroatoms. The third-order valence-corrected chi connectivity index (χ3v) is 22.7. The van der Waals surface area contributed by atoms with Gasteiger partial charge < -0.3 is 32.7 Å². The number of rotatable bonds is 27. The fourth-order valence-electron chi connectivity index (χ4n) is 16.3. The molecule has 1 saturated heterocycles. The number of aryl methyl sites for hydroxylation is 1. The number of aromatic nitrogens is 2. The van der Waals surface area contributed by atoms with Crippen LogP contribution in [0.15, 0.2) is 106 Å². The van der Waals surface area contributed by atoms with Crippen LogP contribution in [0, 0.1) is 64.6 Å². The van der Waals surface area contributed by atoms with Gasteiger partial charge in [-0.05, 0) is 180 Å². The van der Waals surface area contributed by atoms with E-state index in [2.05, 4.69) is 91.3 Å². The molecule has 0 radical (unpaired) electrons. The molecule has 4 aromatic rings. The van der Waals surface area contributed by atoms with Crippen LogP contribution in [0.5, 0.6) is 11.5 Å². The standard InChI is InChI=1S/C70H99N4O9P/c1-47(2)19-16-20-50(7)60-33-34-61-59-32-27-55-43-58(35-37-68(55,9)62(59)36-38-69(60,61)10)79-41-18-40-72-66(75)51(8)45-73(67(72)76)65-44-63(83-84(81-42-17-39-71)74(48(3)4)49(5)6)64(82-65)46-80-70(52-21-14-13-15-22-52,53-23-28-56(77-11)29-24-53)54-25-30-57(78-12)31-26-54/h13-15,21-31,45,47-50,58-65H,16-20,32-38,40-44,46H2,1-12H3/t50-,58?,59+,60-,61+,62+,63+,64-,65-,68+,69-,84?/m1/s1. The van der Waals surface area contributed by atoms with Crippen molar-refractivity contribution in [1.82, 2.24) is 13.8 Å². The lowest BCUT2D eigenvalue weighted by Crippen LogP contribution is -2.51. The van der Waals surface area contributed by atoms with Crippen molar-refractivity contribution in [1.29, 1.82) is 5.26 Å². The lowest BCUT2D eigenvalue weighted by atomic mass is 9.47. The van der Waals surface area contributed by atoms with Crippen molar-refractivity contribution >= 4 is 8.53 Å². The van der Waals surface area contributed by atoms with E-state index in [1.807, 2.05) is 66.7 Å². The Labute approximate surface area is 503 Å². The summed E-state index contributed by atoms with van der Waals surface area (Å²) in [6.07, 6.45) is 17.2. The molecule has 3 saturated carbocycles. The molecule has 3 aromatic carbocycles. The predicted molar refractivity (Wildman–Crippen MR) is 334 cm³/mol. The average Bonchev–Trinajstić information content (AvgIpc) is 1.47. The number of allylic oxidation sites excluding steroid dienone is 1. The van der Waals surface area contributed by atoms with Crippen LogP contribution in [0.3, 0.4) is 0 Å². The molecule has 0 bridgehead atoms. The summed E-state index contributed by atoms with van der Waals surface area (Å²) in [5.74, 6) is 6.23. The maximum atomic E-state index is 14.9. The maximum absolute atomic E-state index is 14.9. The Kier molecular flexibility index (Phi) is 21.3. The van der Waals surface area contributed by atoms with Gasteiger partial charge in [0.2, 0.25) is 0 Å². The first-order chi connectivity index (χ1) is 40.4. The lowest BCUT2D eigenvalue weighted by Gasteiger charge is -2.58. The highest BCUT2D eigenvalue weighted by molar-refractivity contribution is 7.44.